The molecule has 0 radical (unpaired) electrons. The van der Waals surface area contributed by atoms with Crippen molar-refractivity contribution >= 4 is 33.0 Å². The fourth-order valence-electron chi connectivity index (χ4n) is 1.98. The molecule has 0 saturated heterocycles. The van der Waals surface area contributed by atoms with E-state index in [1.807, 2.05) is 0 Å². The van der Waals surface area contributed by atoms with Crippen molar-refractivity contribution < 1.29 is 22.7 Å². The van der Waals surface area contributed by atoms with Crippen LogP contribution in [0.15, 0.2) is 46.0 Å². The van der Waals surface area contributed by atoms with Crippen LogP contribution in [0.3, 0.4) is 0 Å². The van der Waals surface area contributed by atoms with Gasteiger partial charge >= 0.3 is 5.97 Å². The lowest BCUT2D eigenvalue weighted by molar-refractivity contribution is -0.141. The fourth-order valence-corrected chi connectivity index (χ4v) is 4.50. The molecule has 0 aliphatic carbocycles. The summed E-state index contributed by atoms with van der Waals surface area (Å²) in [5.74, 6) is -0.268. The third kappa shape index (κ3) is 3.83. The predicted molar refractivity (Wildman–Crippen MR) is 88.5 cm³/mol. The molecule has 1 aromatic carbocycles. The van der Waals surface area contributed by atoms with Crippen LogP contribution in [0.2, 0.25) is 0 Å². The second-order valence-electron chi connectivity index (χ2n) is 4.42. The van der Waals surface area contributed by atoms with Gasteiger partial charge in [-0.2, -0.15) is 0 Å². The van der Waals surface area contributed by atoms with E-state index in [0.717, 1.165) is 15.6 Å². The Balaban J connectivity index is 2.50. The molecule has 23 heavy (non-hydrogen) atoms. The number of carbonyl (C=O) groups is 1. The van der Waals surface area contributed by atoms with Gasteiger partial charge in [0.25, 0.3) is 10.0 Å². The summed E-state index contributed by atoms with van der Waals surface area (Å²) in [6, 6.07) is 9.76. The quantitative estimate of drug-likeness (QED) is 0.714. The third-order valence-electron chi connectivity index (χ3n) is 2.97. The van der Waals surface area contributed by atoms with E-state index in [2.05, 4.69) is 0 Å². The van der Waals surface area contributed by atoms with Crippen molar-refractivity contribution in [1.82, 2.24) is 0 Å². The first-order valence-corrected chi connectivity index (χ1v) is 9.17. The van der Waals surface area contributed by atoms with Gasteiger partial charge in [0.1, 0.15) is 16.5 Å². The Labute approximate surface area is 139 Å². The van der Waals surface area contributed by atoms with E-state index < -0.39 is 22.5 Å². The van der Waals surface area contributed by atoms with Gasteiger partial charge in [-0.15, -0.1) is 11.3 Å². The van der Waals surface area contributed by atoms with Gasteiger partial charge in [0.05, 0.1) is 19.4 Å². The summed E-state index contributed by atoms with van der Waals surface area (Å²) in [4.78, 5) is 11.9. The van der Waals surface area contributed by atoms with Crippen LogP contribution in [-0.4, -0.2) is 34.6 Å². The number of ether oxygens (including phenoxy) is 2. The topological polar surface area (TPSA) is 72.9 Å². The van der Waals surface area contributed by atoms with Crippen molar-refractivity contribution in [1.29, 1.82) is 0 Å². The Hall–Kier alpha value is -2.06. The molecule has 2 rings (SSSR count). The minimum Gasteiger partial charge on any atom is -0.495 e. The second-order valence-corrected chi connectivity index (χ2v) is 7.46. The molecule has 0 unspecified atom stereocenters. The smallest absolute Gasteiger partial charge is 0.326 e. The Morgan fingerprint density at radius 2 is 1.96 bits per heavy atom. The molecule has 8 heteroatoms. The number of anilines is 1. The van der Waals surface area contributed by atoms with Gasteiger partial charge in [-0.25, -0.2) is 8.42 Å². The van der Waals surface area contributed by atoms with Crippen LogP contribution in [-0.2, 0) is 19.6 Å². The summed E-state index contributed by atoms with van der Waals surface area (Å²) < 4.78 is 37.0. The Kier molecular flexibility index (Phi) is 5.62. The standard InChI is InChI=1S/C15H17NO5S2/c1-3-21-14(17)11-16(12-7-4-5-8-13(12)20-2)23(18,19)15-9-6-10-22-15/h4-10H,3,11H2,1-2H3. The predicted octanol–water partition coefficient (Wildman–Crippen LogP) is 2.52. The molecule has 0 amide bonds. The maximum absolute atomic E-state index is 12.9. The highest BCUT2D eigenvalue weighted by atomic mass is 32.2. The normalized spacial score (nSPS) is 11.0. The van der Waals surface area contributed by atoms with Gasteiger partial charge < -0.3 is 9.47 Å². The summed E-state index contributed by atoms with van der Waals surface area (Å²) in [6.07, 6.45) is 0. The zero-order valence-electron chi connectivity index (χ0n) is 12.8. The fraction of sp³-hybridized carbons (Fsp3) is 0.267. The molecule has 0 saturated carbocycles. The number of carbonyl (C=O) groups excluding carboxylic acids is 1. The lowest BCUT2D eigenvalue weighted by atomic mass is 10.3. The van der Waals surface area contributed by atoms with Gasteiger partial charge in [-0.05, 0) is 30.5 Å². The first-order chi connectivity index (χ1) is 11.0. The number of para-hydroxylation sites is 2. The van der Waals surface area contributed by atoms with Crippen LogP contribution in [0.4, 0.5) is 5.69 Å². The number of thiophene rings is 1. The van der Waals surface area contributed by atoms with Crippen LogP contribution < -0.4 is 9.04 Å². The summed E-state index contributed by atoms with van der Waals surface area (Å²) >= 11 is 1.08. The maximum atomic E-state index is 12.9. The lowest BCUT2D eigenvalue weighted by Crippen LogP contribution is -2.36. The van der Waals surface area contributed by atoms with E-state index in [0.29, 0.717) is 5.75 Å². The van der Waals surface area contributed by atoms with Crippen molar-refractivity contribution in [3.8, 4) is 5.75 Å². The molecular formula is C15H17NO5S2. The van der Waals surface area contributed by atoms with Crippen LogP contribution >= 0.6 is 11.3 Å². The van der Waals surface area contributed by atoms with E-state index in [1.54, 1.807) is 42.6 Å². The highest BCUT2D eigenvalue weighted by Crippen LogP contribution is 2.33. The minimum absolute atomic E-state index is 0.146. The zero-order valence-corrected chi connectivity index (χ0v) is 14.4. The third-order valence-corrected chi connectivity index (χ3v) is 6.10. The molecule has 0 N–H and O–H groups in total. The molecule has 6 nitrogen and oxygen atoms in total. The van der Waals surface area contributed by atoms with Crippen LogP contribution in [0.5, 0.6) is 5.75 Å². The van der Waals surface area contributed by atoms with Gasteiger partial charge in [0.2, 0.25) is 0 Å². The number of rotatable bonds is 7. The van der Waals surface area contributed by atoms with Crippen LogP contribution in [0, 0.1) is 0 Å². The molecule has 0 fully saturated rings. The molecule has 124 valence electrons. The molecule has 1 aromatic heterocycles. The number of sulfonamides is 1. The minimum atomic E-state index is -3.89. The van der Waals surface area contributed by atoms with E-state index in [-0.39, 0.29) is 16.5 Å². The lowest BCUT2D eigenvalue weighted by Gasteiger charge is -2.24. The van der Waals surface area contributed by atoms with E-state index in [1.165, 1.54) is 13.2 Å². The molecule has 1 heterocycles. The van der Waals surface area contributed by atoms with Crippen molar-refractivity contribution in [2.75, 3.05) is 24.6 Å². The highest BCUT2D eigenvalue weighted by Gasteiger charge is 2.30. The average Bonchev–Trinajstić information content (AvgIpc) is 3.08. The van der Waals surface area contributed by atoms with Gasteiger partial charge in [-0.1, -0.05) is 18.2 Å². The number of nitrogens with zero attached hydrogens (tertiary/aromatic N) is 1. The van der Waals surface area contributed by atoms with Gasteiger partial charge in [-0.3, -0.25) is 9.10 Å². The molecule has 0 aliphatic heterocycles. The highest BCUT2D eigenvalue weighted by molar-refractivity contribution is 7.94. The number of methoxy groups -OCH3 is 1. The second kappa shape index (κ2) is 7.47. The maximum Gasteiger partial charge on any atom is 0.326 e. The first kappa shape index (κ1) is 17.3. The number of esters is 1. The largest absolute Gasteiger partial charge is 0.495 e. The molecule has 0 aliphatic rings. The summed E-state index contributed by atoms with van der Waals surface area (Å²) in [5, 5.41) is 1.66. The summed E-state index contributed by atoms with van der Waals surface area (Å²) in [7, 11) is -2.44. The van der Waals surface area contributed by atoms with Crippen molar-refractivity contribution in [3.63, 3.8) is 0 Å². The van der Waals surface area contributed by atoms with Crippen molar-refractivity contribution in [3.05, 3.63) is 41.8 Å². The molecule has 0 spiro atoms. The molecule has 0 bridgehead atoms. The monoisotopic (exact) mass is 355 g/mol. The van der Waals surface area contributed by atoms with Crippen molar-refractivity contribution in [2.24, 2.45) is 0 Å². The molecule has 2 aromatic rings. The molecule has 0 atom stereocenters. The van der Waals surface area contributed by atoms with Crippen LogP contribution in [0.1, 0.15) is 6.92 Å². The average molecular weight is 355 g/mol. The van der Waals surface area contributed by atoms with E-state index in [4.69, 9.17) is 9.47 Å². The first-order valence-electron chi connectivity index (χ1n) is 6.85. The van der Waals surface area contributed by atoms with E-state index in [9.17, 15) is 13.2 Å². The Morgan fingerprint density at radius 1 is 1.22 bits per heavy atom. The zero-order chi connectivity index (χ0) is 16.9. The van der Waals surface area contributed by atoms with E-state index >= 15 is 0 Å². The SMILES string of the molecule is CCOC(=O)CN(c1ccccc1OC)S(=O)(=O)c1cccs1. The van der Waals surface area contributed by atoms with Gasteiger partial charge in [0, 0.05) is 0 Å². The van der Waals surface area contributed by atoms with Crippen LogP contribution in [0.25, 0.3) is 0 Å². The van der Waals surface area contributed by atoms with Crippen molar-refractivity contribution in [2.45, 2.75) is 11.1 Å². The number of hydrogen-bond acceptors (Lipinski definition) is 6. The molecular weight excluding hydrogens is 338 g/mol. The number of benzene rings is 1. The Morgan fingerprint density at radius 3 is 2.57 bits per heavy atom. The summed E-state index contributed by atoms with van der Waals surface area (Å²) in [5.41, 5.74) is 0.288. The van der Waals surface area contributed by atoms with Gasteiger partial charge in [0.15, 0.2) is 0 Å². The number of hydrogen-bond donors (Lipinski definition) is 0. The summed E-state index contributed by atoms with van der Waals surface area (Å²) in [6.45, 7) is 1.42. The Bertz CT molecular complexity index is 756.